The van der Waals surface area contributed by atoms with Gasteiger partial charge in [-0.2, -0.15) is 11.7 Å². The summed E-state index contributed by atoms with van der Waals surface area (Å²) in [6, 6.07) is 0. The van der Waals surface area contributed by atoms with Gasteiger partial charge in [-0.05, 0) is 11.8 Å². The predicted octanol–water partition coefficient (Wildman–Crippen LogP) is 0.386. The zero-order valence-electron chi connectivity index (χ0n) is 4.30. The van der Waals surface area contributed by atoms with E-state index in [-0.39, 0.29) is 12.3 Å². The van der Waals surface area contributed by atoms with Crippen molar-refractivity contribution in [3.8, 4) is 0 Å². The van der Waals surface area contributed by atoms with E-state index < -0.39 is 10.1 Å². The van der Waals surface area contributed by atoms with Gasteiger partial charge in [0, 0.05) is 6.54 Å². The molecule has 0 aliphatic heterocycles. The lowest BCUT2D eigenvalue weighted by Crippen LogP contribution is -2.15. The predicted molar refractivity (Wildman–Crippen MR) is 37.7 cm³/mol. The van der Waals surface area contributed by atoms with Crippen molar-refractivity contribution < 1.29 is 11.7 Å². The fourth-order valence-electron chi connectivity index (χ4n) is 0.195. The number of rotatable bonds is 4. The highest BCUT2D eigenvalue weighted by atomic mass is 79.9. The maximum atomic E-state index is 10.4. The first-order valence-corrected chi connectivity index (χ1v) is 4.59. The summed E-state index contributed by atoms with van der Waals surface area (Å²) >= 11 is 7.32. The molecule has 0 spiro atoms. The molecule has 0 aromatic carbocycles. The highest BCUT2D eigenvalue weighted by Crippen LogP contribution is 1.96. The summed E-state index contributed by atoms with van der Waals surface area (Å²) in [5.74, 6) is -0.151. The van der Waals surface area contributed by atoms with Gasteiger partial charge >= 0.3 is 0 Å². The average molecular weight is 238 g/mol. The van der Waals surface area contributed by atoms with Crippen LogP contribution in [0.5, 0.6) is 0 Å². The van der Waals surface area contributed by atoms with Gasteiger partial charge in [-0.25, -0.2) is 4.84 Å². The minimum Gasteiger partial charge on any atom is -0.232 e. The van der Waals surface area contributed by atoms with E-state index in [1.807, 2.05) is 0 Å². The maximum absolute atomic E-state index is 10.4. The normalized spacial score (nSPS) is 11.8. The summed E-state index contributed by atoms with van der Waals surface area (Å²) in [7, 11) is -3.41. The molecular weight excluding hydrogens is 233 g/mol. The van der Waals surface area contributed by atoms with Crippen LogP contribution in [-0.4, -0.2) is 20.7 Å². The Kier molecular flexibility index (Phi) is 4.77. The molecule has 0 bridgehead atoms. The van der Waals surface area contributed by atoms with Crippen LogP contribution in [0.3, 0.4) is 0 Å². The van der Waals surface area contributed by atoms with E-state index in [2.05, 4.69) is 24.4 Å². The second-order valence-corrected chi connectivity index (χ2v) is 3.92. The molecular formula is C2H5BrClNO3S. The lowest BCUT2D eigenvalue weighted by molar-refractivity contribution is 0.526. The Labute approximate surface area is 67.2 Å². The fraction of sp³-hybridized carbons (Fsp3) is 1.00. The highest BCUT2D eigenvalue weighted by Gasteiger charge is 2.07. The van der Waals surface area contributed by atoms with Gasteiger partial charge in [0.15, 0.2) is 0 Å². The smallest absolute Gasteiger partial charge is 0.232 e. The number of hydrogen-bond acceptors (Lipinski definition) is 4. The second-order valence-electron chi connectivity index (χ2n) is 1.21. The lowest BCUT2D eigenvalue weighted by Gasteiger charge is -1.94. The molecule has 4 nitrogen and oxygen atoms in total. The third-order valence-electron chi connectivity index (χ3n) is 0.543. The first-order chi connectivity index (χ1) is 4.12. The Morgan fingerprint density at radius 2 is 2.22 bits per heavy atom. The summed E-state index contributed by atoms with van der Waals surface area (Å²) in [5.41, 5.74) is 0. The van der Waals surface area contributed by atoms with E-state index in [4.69, 9.17) is 11.8 Å². The van der Waals surface area contributed by atoms with Gasteiger partial charge in [0.05, 0.1) is 5.75 Å². The summed E-state index contributed by atoms with van der Waals surface area (Å²) in [6.45, 7) is 0.162. The molecule has 0 saturated heterocycles. The van der Waals surface area contributed by atoms with Gasteiger partial charge in [-0.3, -0.25) is 0 Å². The Hall–Kier alpha value is 0.640. The largest absolute Gasteiger partial charge is 0.279 e. The molecule has 0 saturated carbocycles. The molecule has 0 rings (SSSR count). The van der Waals surface area contributed by atoms with Crippen LogP contribution in [0.1, 0.15) is 0 Å². The van der Waals surface area contributed by atoms with Crippen LogP contribution in [-0.2, 0) is 13.4 Å². The Bertz CT molecular complexity index is 157. The summed E-state index contributed by atoms with van der Waals surface area (Å²) in [4.78, 5) is 2.15. The first kappa shape index (κ1) is 9.64. The molecule has 0 amide bonds. The van der Waals surface area contributed by atoms with Crippen molar-refractivity contribution in [1.82, 2.24) is 4.84 Å². The van der Waals surface area contributed by atoms with E-state index in [1.165, 1.54) is 0 Å². The molecule has 0 fully saturated rings. The van der Waals surface area contributed by atoms with Crippen molar-refractivity contribution in [3.05, 3.63) is 0 Å². The number of nitrogens with one attached hydrogen (secondary N) is 1. The third-order valence-corrected chi connectivity index (χ3v) is 2.84. The van der Waals surface area contributed by atoms with Crippen molar-refractivity contribution in [2.24, 2.45) is 0 Å². The van der Waals surface area contributed by atoms with E-state index in [0.29, 0.717) is 0 Å². The quantitative estimate of drug-likeness (QED) is 0.720. The molecule has 0 aromatic rings. The SMILES string of the molecule is O=S(=O)(CCNCl)OBr. The highest BCUT2D eigenvalue weighted by molar-refractivity contribution is 9.06. The van der Waals surface area contributed by atoms with Crippen molar-refractivity contribution >= 4 is 38.2 Å². The van der Waals surface area contributed by atoms with Crippen LogP contribution in [0.15, 0.2) is 0 Å². The van der Waals surface area contributed by atoms with E-state index in [1.54, 1.807) is 0 Å². The van der Waals surface area contributed by atoms with Crippen molar-refractivity contribution in [1.29, 1.82) is 0 Å². The number of hydrogen-bond donors (Lipinski definition) is 1. The number of halogens is 2. The Balaban J connectivity index is 3.61. The fourth-order valence-corrected chi connectivity index (χ4v) is 1.21. The van der Waals surface area contributed by atoms with Crippen LogP contribution < -0.4 is 4.84 Å². The van der Waals surface area contributed by atoms with Crippen LogP contribution in [0.2, 0.25) is 0 Å². The van der Waals surface area contributed by atoms with Gasteiger partial charge in [0.25, 0.3) is 10.1 Å². The molecule has 0 unspecified atom stereocenters. The van der Waals surface area contributed by atoms with Gasteiger partial charge in [0.1, 0.15) is 16.3 Å². The summed E-state index contributed by atoms with van der Waals surface area (Å²) in [6.07, 6.45) is 0. The average Bonchev–Trinajstić information content (AvgIpc) is 1.84. The molecule has 56 valence electrons. The van der Waals surface area contributed by atoms with Crippen LogP contribution in [0, 0.1) is 0 Å². The standard InChI is InChI=1S/C2H5BrClNO3S/c3-8-9(6,7)2-1-5-4/h5H,1-2H2. The van der Waals surface area contributed by atoms with Gasteiger partial charge in [-0.15, -0.1) is 0 Å². The van der Waals surface area contributed by atoms with Crippen LogP contribution in [0.25, 0.3) is 0 Å². The summed E-state index contributed by atoms with van der Waals surface area (Å²) < 4.78 is 24.7. The zero-order valence-corrected chi connectivity index (χ0v) is 7.46. The van der Waals surface area contributed by atoms with Crippen LogP contribution in [0.4, 0.5) is 0 Å². The molecule has 0 aliphatic carbocycles. The second kappa shape index (κ2) is 4.45. The molecule has 0 atom stereocenters. The first-order valence-electron chi connectivity index (χ1n) is 1.99. The monoisotopic (exact) mass is 237 g/mol. The molecule has 1 N–H and O–H groups in total. The third kappa shape index (κ3) is 5.10. The van der Waals surface area contributed by atoms with E-state index in [9.17, 15) is 8.42 Å². The summed E-state index contributed by atoms with van der Waals surface area (Å²) in [5, 5.41) is 0. The van der Waals surface area contributed by atoms with Crippen molar-refractivity contribution in [3.63, 3.8) is 0 Å². The van der Waals surface area contributed by atoms with Crippen LogP contribution >= 0.6 is 28.0 Å². The molecule has 0 radical (unpaired) electrons. The minimum atomic E-state index is -3.41. The minimum absolute atomic E-state index is 0.151. The van der Waals surface area contributed by atoms with Gasteiger partial charge in [0.2, 0.25) is 0 Å². The molecule has 0 aliphatic rings. The molecule has 0 heterocycles. The lowest BCUT2D eigenvalue weighted by atomic mass is 10.8. The van der Waals surface area contributed by atoms with Gasteiger partial charge in [-0.1, -0.05) is 0 Å². The Morgan fingerprint density at radius 3 is 2.56 bits per heavy atom. The Morgan fingerprint density at radius 1 is 1.67 bits per heavy atom. The maximum Gasteiger partial charge on any atom is 0.279 e. The van der Waals surface area contributed by atoms with Gasteiger partial charge < -0.3 is 0 Å². The van der Waals surface area contributed by atoms with E-state index in [0.717, 1.165) is 0 Å². The topological polar surface area (TPSA) is 55.4 Å². The molecule has 0 aromatic heterocycles. The van der Waals surface area contributed by atoms with Crippen molar-refractivity contribution in [2.45, 2.75) is 0 Å². The zero-order chi connectivity index (χ0) is 7.33. The van der Waals surface area contributed by atoms with Crippen molar-refractivity contribution in [2.75, 3.05) is 12.3 Å². The molecule has 9 heavy (non-hydrogen) atoms. The molecule has 7 heteroatoms. The van der Waals surface area contributed by atoms with E-state index >= 15 is 0 Å².